The predicted molar refractivity (Wildman–Crippen MR) is 140 cm³/mol. The maximum Gasteiger partial charge on any atom is 0.326 e. The Kier molecular flexibility index (Phi) is 8.41. The first kappa shape index (κ1) is 25.9. The number of benzene rings is 3. The van der Waals surface area contributed by atoms with E-state index in [0.29, 0.717) is 6.54 Å². The highest BCUT2D eigenvalue weighted by Crippen LogP contribution is 2.25. The SMILES string of the molecule is O=C(N[C@@H](Cc1ccc(C2=CCN(Cc3cccc(F)c3)CC2)cc1)C(=O)O)c1c(Cl)cccc1Cl. The van der Waals surface area contributed by atoms with Gasteiger partial charge in [0.1, 0.15) is 11.9 Å². The summed E-state index contributed by atoms with van der Waals surface area (Å²) in [5, 5.41) is 12.5. The molecule has 3 aromatic rings. The smallest absolute Gasteiger partial charge is 0.326 e. The molecular weight excluding hydrogens is 502 g/mol. The van der Waals surface area contributed by atoms with Gasteiger partial charge in [0.05, 0.1) is 15.6 Å². The first-order valence-electron chi connectivity index (χ1n) is 11.5. The molecule has 186 valence electrons. The van der Waals surface area contributed by atoms with Crippen LogP contribution in [0.2, 0.25) is 10.0 Å². The molecule has 1 atom stereocenters. The van der Waals surface area contributed by atoms with E-state index in [2.05, 4.69) is 16.3 Å². The predicted octanol–water partition coefficient (Wildman–Crippen LogP) is 5.85. The number of hydrogen-bond donors (Lipinski definition) is 2. The van der Waals surface area contributed by atoms with E-state index in [4.69, 9.17) is 23.2 Å². The Morgan fingerprint density at radius 2 is 1.69 bits per heavy atom. The number of rotatable bonds is 8. The number of nitrogens with zero attached hydrogens (tertiary/aromatic N) is 1. The van der Waals surface area contributed by atoms with E-state index in [9.17, 15) is 19.1 Å². The van der Waals surface area contributed by atoms with E-state index in [1.54, 1.807) is 18.2 Å². The van der Waals surface area contributed by atoms with Crippen molar-refractivity contribution >= 4 is 40.7 Å². The van der Waals surface area contributed by atoms with Crippen LogP contribution in [0.4, 0.5) is 4.39 Å². The number of carboxylic acid groups (broad SMARTS) is 1. The largest absolute Gasteiger partial charge is 0.480 e. The van der Waals surface area contributed by atoms with Crippen molar-refractivity contribution in [3.05, 3.63) is 111 Å². The number of carboxylic acids is 1. The minimum Gasteiger partial charge on any atom is -0.480 e. The maximum atomic E-state index is 13.4. The Balaban J connectivity index is 1.37. The Labute approximate surface area is 219 Å². The van der Waals surface area contributed by atoms with E-state index < -0.39 is 17.9 Å². The lowest BCUT2D eigenvalue weighted by Crippen LogP contribution is -2.42. The van der Waals surface area contributed by atoms with Crippen LogP contribution in [-0.4, -0.2) is 41.0 Å². The van der Waals surface area contributed by atoms with Gasteiger partial charge in [0, 0.05) is 26.1 Å². The summed E-state index contributed by atoms with van der Waals surface area (Å²) in [5.41, 5.74) is 4.07. The van der Waals surface area contributed by atoms with E-state index >= 15 is 0 Å². The van der Waals surface area contributed by atoms with E-state index in [1.807, 2.05) is 30.3 Å². The minimum atomic E-state index is -1.15. The molecule has 0 unspecified atom stereocenters. The lowest BCUT2D eigenvalue weighted by atomic mass is 9.96. The number of carbonyl (C=O) groups excluding carboxylic acids is 1. The van der Waals surface area contributed by atoms with Crippen LogP contribution in [-0.2, 0) is 17.8 Å². The van der Waals surface area contributed by atoms with E-state index in [-0.39, 0.29) is 27.8 Å². The van der Waals surface area contributed by atoms with Gasteiger partial charge in [-0.1, -0.05) is 71.7 Å². The van der Waals surface area contributed by atoms with Crippen molar-refractivity contribution in [2.45, 2.75) is 25.4 Å². The summed E-state index contributed by atoms with van der Waals surface area (Å²) in [6.45, 7) is 2.33. The van der Waals surface area contributed by atoms with Gasteiger partial charge in [0.15, 0.2) is 0 Å². The van der Waals surface area contributed by atoms with Gasteiger partial charge < -0.3 is 10.4 Å². The molecule has 1 heterocycles. The van der Waals surface area contributed by atoms with Crippen LogP contribution >= 0.6 is 23.2 Å². The molecule has 1 amide bonds. The van der Waals surface area contributed by atoms with Gasteiger partial charge >= 0.3 is 5.97 Å². The number of carbonyl (C=O) groups is 2. The second kappa shape index (κ2) is 11.7. The second-order valence-corrected chi connectivity index (χ2v) is 9.52. The quantitative estimate of drug-likeness (QED) is 0.386. The van der Waals surface area contributed by atoms with Crippen molar-refractivity contribution in [2.75, 3.05) is 13.1 Å². The van der Waals surface area contributed by atoms with Gasteiger partial charge in [-0.05, 0) is 52.9 Å². The molecule has 0 aliphatic carbocycles. The van der Waals surface area contributed by atoms with Gasteiger partial charge in [-0.2, -0.15) is 0 Å². The van der Waals surface area contributed by atoms with E-state index in [0.717, 1.165) is 36.2 Å². The fourth-order valence-electron chi connectivity index (χ4n) is 4.25. The Morgan fingerprint density at radius 1 is 1.00 bits per heavy atom. The normalized spacial score (nSPS) is 14.7. The molecule has 0 aromatic heterocycles. The van der Waals surface area contributed by atoms with E-state index in [1.165, 1.54) is 23.8 Å². The Hall–Kier alpha value is -3.19. The molecule has 0 spiro atoms. The standard InChI is InChI=1S/C28H25Cl2FN2O3/c29-23-5-2-6-24(30)26(23)27(34)32-25(28(35)36)16-18-7-9-20(10-8-18)21-11-13-33(14-12-21)17-19-3-1-4-22(31)15-19/h1-11,15,25H,12-14,16-17H2,(H,32,34)(H,35,36)/t25-/m0/s1. The Bertz CT molecular complexity index is 1270. The number of aliphatic carboxylic acids is 1. The van der Waals surface area contributed by atoms with Crippen LogP contribution in [0, 0.1) is 5.82 Å². The van der Waals surface area contributed by atoms with Crippen LogP contribution < -0.4 is 5.32 Å². The third-order valence-electron chi connectivity index (χ3n) is 6.15. The zero-order valence-corrected chi connectivity index (χ0v) is 20.9. The molecule has 1 aliphatic rings. The highest BCUT2D eigenvalue weighted by molar-refractivity contribution is 6.39. The zero-order valence-electron chi connectivity index (χ0n) is 19.4. The van der Waals surface area contributed by atoms with Gasteiger partial charge in [-0.3, -0.25) is 9.69 Å². The molecule has 0 radical (unpaired) electrons. The molecule has 1 aliphatic heterocycles. The van der Waals surface area contributed by atoms with Crippen molar-refractivity contribution in [3.8, 4) is 0 Å². The molecule has 2 N–H and O–H groups in total. The monoisotopic (exact) mass is 526 g/mol. The molecule has 36 heavy (non-hydrogen) atoms. The molecule has 0 bridgehead atoms. The average molecular weight is 527 g/mol. The number of hydrogen-bond acceptors (Lipinski definition) is 3. The minimum absolute atomic E-state index is 0.0538. The third kappa shape index (κ3) is 6.52. The van der Waals surface area contributed by atoms with Crippen molar-refractivity contribution in [2.24, 2.45) is 0 Å². The molecule has 0 fully saturated rings. The number of halogens is 3. The molecule has 5 nitrogen and oxygen atoms in total. The average Bonchev–Trinajstić information content (AvgIpc) is 2.84. The van der Waals surface area contributed by atoms with Gasteiger partial charge in [-0.25, -0.2) is 9.18 Å². The molecule has 0 saturated carbocycles. The van der Waals surface area contributed by atoms with Gasteiger partial charge in [0.25, 0.3) is 5.91 Å². The summed E-state index contributed by atoms with van der Waals surface area (Å²) < 4.78 is 13.4. The molecular formula is C28H25Cl2FN2O3. The van der Waals surface area contributed by atoms with Crippen molar-refractivity contribution in [1.82, 2.24) is 10.2 Å². The van der Waals surface area contributed by atoms with Crippen LogP contribution in [0.25, 0.3) is 5.57 Å². The fourth-order valence-corrected chi connectivity index (χ4v) is 4.82. The third-order valence-corrected chi connectivity index (χ3v) is 6.78. The summed E-state index contributed by atoms with van der Waals surface area (Å²) in [7, 11) is 0. The molecule has 4 rings (SSSR count). The molecule has 3 aromatic carbocycles. The van der Waals surface area contributed by atoms with Crippen LogP contribution in [0.15, 0.2) is 72.8 Å². The lowest BCUT2D eigenvalue weighted by Gasteiger charge is -2.26. The van der Waals surface area contributed by atoms with Crippen LogP contribution in [0.5, 0.6) is 0 Å². The second-order valence-electron chi connectivity index (χ2n) is 8.71. The first-order chi connectivity index (χ1) is 17.3. The highest BCUT2D eigenvalue weighted by Gasteiger charge is 2.24. The molecule has 0 saturated heterocycles. The Morgan fingerprint density at radius 3 is 2.31 bits per heavy atom. The fraction of sp³-hybridized carbons (Fsp3) is 0.214. The summed E-state index contributed by atoms with van der Waals surface area (Å²) in [6, 6.07) is 17.9. The highest BCUT2D eigenvalue weighted by atomic mass is 35.5. The van der Waals surface area contributed by atoms with Crippen molar-refractivity contribution in [3.63, 3.8) is 0 Å². The van der Waals surface area contributed by atoms with Crippen LogP contribution in [0.1, 0.15) is 33.5 Å². The van der Waals surface area contributed by atoms with Gasteiger partial charge in [-0.15, -0.1) is 0 Å². The van der Waals surface area contributed by atoms with Gasteiger partial charge in [0.2, 0.25) is 0 Å². The van der Waals surface area contributed by atoms with Crippen LogP contribution in [0.3, 0.4) is 0 Å². The zero-order chi connectivity index (χ0) is 25.7. The van der Waals surface area contributed by atoms with Crippen molar-refractivity contribution < 1.29 is 19.1 Å². The summed E-state index contributed by atoms with van der Waals surface area (Å²) in [6.07, 6.45) is 3.15. The molecule has 8 heteroatoms. The van der Waals surface area contributed by atoms with Crippen molar-refractivity contribution in [1.29, 1.82) is 0 Å². The summed E-state index contributed by atoms with van der Waals surface area (Å²) in [4.78, 5) is 26.7. The summed E-state index contributed by atoms with van der Waals surface area (Å²) in [5.74, 6) is -2.01. The maximum absolute atomic E-state index is 13.4. The summed E-state index contributed by atoms with van der Waals surface area (Å²) >= 11 is 12.2. The first-order valence-corrected chi connectivity index (χ1v) is 12.3. The topological polar surface area (TPSA) is 69.6 Å². The lowest BCUT2D eigenvalue weighted by molar-refractivity contribution is -0.139. The number of nitrogens with one attached hydrogen (secondary N) is 1. The number of amides is 1.